The molecule has 0 saturated heterocycles. The molecule has 1 unspecified atom stereocenters. The van der Waals surface area contributed by atoms with Gasteiger partial charge in [0.1, 0.15) is 5.75 Å². The Morgan fingerprint density at radius 3 is 2.40 bits per heavy atom. The number of amides is 1. The van der Waals surface area contributed by atoms with Crippen LogP contribution in [0.15, 0.2) is 18.2 Å². The summed E-state index contributed by atoms with van der Waals surface area (Å²) in [7, 11) is 0. The molecule has 110 valence electrons. The molecule has 0 saturated carbocycles. The van der Waals surface area contributed by atoms with Gasteiger partial charge < -0.3 is 14.7 Å². The first-order valence-electron chi connectivity index (χ1n) is 6.70. The van der Waals surface area contributed by atoms with Crippen molar-refractivity contribution < 1.29 is 19.4 Å². The summed E-state index contributed by atoms with van der Waals surface area (Å²) in [6, 6.07) is 4.80. The Hall–Kier alpha value is -2.04. The number of carbonyl (C=O) groups is 2. The minimum atomic E-state index is -1.00. The lowest BCUT2D eigenvalue weighted by Gasteiger charge is -2.23. The summed E-state index contributed by atoms with van der Waals surface area (Å²) in [5.74, 6) is -0.718. The lowest BCUT2D eigenvalue weighted by molar-refractivity contribution is -0.137. The molecule has 1 atom stereocenters. The molecule has 0 aliphatic heterocycles. The molecule has 20 heavy (non-hydrogen) atoms. The highest BCUT2D eigenvalue weighted by Gasteiger charge is 2.20. The normalized spacial score (nSPS) is 11.8. The Morgan fingerprint density at radius 1 is 1.30 bits per heavy atom. The van der Waals surface area contributed by atoms with Gasteiger partial charge in [0.25, 0.3) is 5.91 Å². The zero-order valence-corrected chi connectivity index (χ0v) is 12.3. The number of likely N-dealkylation sites (N-methyl/N-ethyl adjacent to an activating group) is 1. The molecule has 5 nitrogen and oxygen atoms in total. The average Bonchev–Trinajstić information content (AvgIpc) is 2.41. The lowest BCUT2D eigenvalue weighted by atomic mass is 10.1. The highest BCUT2D eigenvalue weighted by molar-refractivity contribution is 5.89. The summed E-state index contributed by atoms with van der Waals surface area (Å²) in [5.41, 5.74) is 0.845. The zero-order valence-electron chi connectivity index (χ0n) is 12.3. The summed E-state index contributed by atoms with van der Waals surface area (Å²) in [5, 5.41) is 9.07. The summed E-state index contributed by atoms with van der Waals surface area (Å²) in [4.78, 5) is 24.8. The summed E-state index contributed by atoms with van der Waals surface area (Å²) >= 11 is 0. The number of benzene rings is 1. The second kappa shape index (κ2) is 6.93. The van der Waals surface area contributed by atoms with Gasteiger partial charge in [-0.15, -0.1) is 0 Å². The summed E-state index contributed by atoms with van der Waals surface area (Å²) < 4.78 is 5.55. The van der Waals surface area contributed by atoms with Crippen LogP contribution in [-0.4, -0.2) is 41.1 Å². The minimum Gasteiger partial charge on any atom is -0.481 e. The molecule has 1 aromatic carbocycles. The summed E-state index contributed by atoms with van der Waals surface area (Å²) in [6.45, 7) is 8.44. The molecule has 0 aliphatic carbocycles. The highest BCUT2D eigenvalue weighted by atomic mass is 16.5. The number of carboxylic acid groups (broad SMARTS) is 1. The van der Waals surface area contributed by atoms with E-state index in [-0.39, 0.29) is 11.5 Å². The standard InChI is InChI=1S/C15H21NO4/c1-5-16(6-2)14(17)11(4)20-12-8-7-10(3)13(9-12)15(18)19/h7-9,11H,5-6H2,1-4H3,(H,18,19). The van der Waals surface area contributed by atoms with E-state index in [0.29, 0.717) is 24.4 Å². The third kappa shape index (κ3) is 3.73. The number of carbonyl (C=O) groups excluding carboxylic acids is 1. The van der Waals surface area contributed by atoms with Crippen LogP contribution in [0.2, 0.25) is 0 Å². The topological polar surface area (TPSA) is 66.8 Å². The van der Waals surface area contributed by atoms with Gasteiger partial charge in [-0.05, 0) is 45.4 Å². The number of aromatic carboxylic acids is 1. The van der Waals surface area contributed by atoms with E-state index in [1.807, 2.05) is 13.8 Å². The molecular formula is C15H21NO4. The number of aryl methyl sites for hydroxylation is 1. The number of nitrogens with zero attached hydrogens (tertiary/aromatic N) is 1. The van der Waals surface area contributed by atoms with Crippen LogP contribution in [0.5, 0.6) is 5.75 Å². The van der Waals surface area contributed by atoms with Crippen LogP contribution < -0.4 is 4.74 Å². The van der Waals surface area contributed by atoms with Crippen molar-refractivity contribution >= 4 is 11.9 Å². The fraction of sp³-hybridized carbons (Fsp3) is 0.467. The Kier molecular flexibility index (Phi) is 5.55. The van der Waals surface area contributed by atoms with E-state index in [0.717, 1.165) is 0 Å². The van der Waals surface area contributed by atoms with Crippen LogP contribution in [-0.2, 0) is 4.79 Å². The number of hydrogen-bond acceptors (Lipinski definition) is 3. The fourth-order valence-corrected chi connectivity index (χ4v) is 1.95. The van der Waals surface area contributed by atoms with Gasteiger partial charge in [0.2, 0.25) is 0 Å². The maximum atomic E-state index is 12.1. The van der Waals surface area contributed by atoms with E-state index in [1.165, 1.54) is 6.07 Å². The molecule has 1 amide bonds. The molecule has 0 radical (unpaired) electrons. The van der Waals surface area contributed by atoms with Crippen LogP contribution >= 0.6 is 0 Å². The molecule has 0 aliphatic rings. The number of ether oxygens (including phenoxy) is 1. The van der Waals surface area contributed by atoms with Crippen molar-refractivity contribution in [1.29, 1.82) is 0 Å². The van der Waals surface area contributed by atoms with Crippen LogP contribution in [0.4, 0.5) is 0 Å². The van der Waals surface area contributed by atoms with E-state index in [1.54, 1.807) is 30.9 Å². The van der Waals surface area contributed by atoms with Gasteiger partial charge >= 0.3 is 5.97 Å². The van der Waals surface area contributed by atoms with E-state index >= 15 is 0 Å². The van der Waals surface area contributed by atoms with Gasteiger partial charge in [-0.3, -0.25) is 4.79 Å². The lowest BCUT2D eigenvalue weighted by Crippen LogP contribution is -2.40. The molecule has 0 bridgehead atoms. The third-order valence-electron chi connectivity index (χ3n) is 3.18. The molecule has 0 aromatic heterocycles. The fourth-order valence-electron chi connectivity index (χ4n) is 1.95. The predicted molar refractivity (Wildman–Crippen MR) is 76.2 cm³/mol. The molecule has 0 heterocycles. The predicted octanol–water partition coefficient (Wildman–Crippen LogP) is 2.33. The van der Waals surface area contributed by atoms with Crippen molar-refractivity contribution in [2.75, 3.05) is 13.1 Å². The number of carboxylic acids is 1. The van der Waals surface area contributed by atoms with Crippen LogP contribution in [0.1, 0.15) is 36.7 Å². The second-order valence-corrected chi connectivity index (χ2v) is 4.55. The van der Waals surface area contributed by atoms with Gasteiger partial charge in [0.15, 0.2) is 6.10 Å². The molecule has 1 rings (SSSR count). The smallest absolute Gasteiger partial charge is 0.336 e. The number of hydrogen-bond donors (Lipinski definition) is 1. The summed E-state index contributed by atoms with van der Waals surface area (Å²) in [6.07, 6.45) is -0.640. The Morgan fingerprint density at radius 2 is 1.90 bits per heavy atom. The maximum absolute atomic E-state index is 12.1. The van der Waals surface area contributed by atoms with Gasteiger partial charge in [0.05, 0.1) is 5.56 Å². The van der Waals surface area contributed by atoms with Gasteiger partial charge in [0, 0.05) is 13.1 Å². The Bertz CT molecular complexity index is 495. The molecule has 0 spiro atoms. The quantitative estimate of drug-likeness (QED) is 0.868. The van der Waals surface area contributed by atoms with E-state index in [2.05, 4.69) is 0 Å². The van der Waals surface area contributed by atoms with Crippen LogP contribution in [0.3, 0.4) is 0 Å². The van der Waals surface area contributed by atoms with E-state index in [4.69, 9.17) is 9.84 Å². The molecular weight excluding hydrogens is 258 g/mol. The van der Waals surface area contributed by atoms with Gasteiger partial charge in [-0.1, -0.05) is 6.07 Å². The SMILES string of the molecule is CCN(CC)C(=O)C(C)Oc1ccc(C)c(C(=O)O)c1. The van der Waals surface area contributed by atoms with Crippen molar-refractivity contribution in [2.24, 2.45) is 0 Å². The Labute approximate surface area is 119 Å². The first-order chi connectivity index (χ1) is 9.40. The van der Waals surface area contributed by atoms with Crippen molar-refractivity contribution in [1.82, 2.24) is 4.90 Å². The molecule has 1 N–H and O–H groups in total. The van der Waals surface area contributed by atoms with Crippen LogP contribution in [0, 0.1) is 6.92 Å². The highest BCUT2D eigenvalue weighted by Crippen LogP contribution is 2.19. The van der Waals surface area contributed by atoms with Gasteiger partial charge in [-0.2, -0.15) is 0 Å². The van der Waals surface area contributed by atoms with Crippen LogP contribution in [0.25, 0.3) is 0 Å². The van der Waals surface area contributed by atoms with E-state index < -0.39 is 12.1 Å². The first-order valence-corrected chi connectivity index (χ1v) is 6.70. The van der Waals surface area contributed by atoms with Crippen molar-refractivity contribution in [3.8, 4) is 5.75 Å². The third-order valence-corrected chi connectivity index (χ3v) is 3.18. The molecule has 5 heteroatoms. The average molecular weight is 279 g/mol. The number of rotatable bonds is 6. The molecule has 1 aromatic rings. The maximum Gasteiger partial charge on any atom is 0.336 e. The monoisotopic (exact) mass is 279 g/mol. The van der Waals surface area contributed by atoms with Gasteiger partial charge in [-0.25, -0.2) is 4.79 Å². The van der Waals surface area contributed by atoms with Crippen molar-refractivity contribution in [3.63, 3.8) is 0 Å². The minimum absolute atomic E-state index is 0.104. The Balaban J connectivity index is 2.85. The van der Waals surface area contributed by atoms with E-state index in [9.17, 15) is 9.59 Å². The first kappa shape index (κ1) is 16.0. The van der Waals surface area contributed by atoms with Crippen molar-refractivity contribution in [3.05, 3.63) is 29.3 Å². The largest absolute Gasteiger partial charge is 0.481 e. The second-order valence-electron chi connectivity index (χ2n) is 4.55. The van der Waals surface area contributed by atoms with Crippen molar-refractivity contribution in [2.45, 2.75) is 33.8 Å². The molecule has 0 fully saturated rings. The zero-order chi connectivity index (χ0) is 15.3.